The molecule has 0 saturated carbocycles. The largest absolute Gasteiger partial charge is 0.325 e. The molecule has 2 rings (SSSR count). The first-order valence-corrected chi connectivity index (χ1v) is 7.78. The second-order valence-corrected chi connectivity index (χ2v) is 5.91. The Hall–Kier alpha value is -1.55. The van der Waals surface area contributed by atoms with Gasteiger partial charge in [-0.1, -0.05) is 59.6 Å². The van der Waals surface area contributed by atoms with Crippen molar-refractivity contribution in [2.75, 3.05) is 18.9 Å². The van der Waals surface area contributed by atoms with E-state index >= 15 is 0 Å². The van der Waals surface area contributed by atoms with Crippen LogP contribution >= 0.6 is 23.2 Å². The second-order valence-electron chi connectivity index (χ2n) is 5.12. The third-order valence-corrected chi connectivity index (χ3v) is 4.06. The quantitative estimate of drug-likeness (QED) is 0.844. The van der Waals surface area contributed by atoms with Crippen molar-refractivity contribution < 1.29 is 4.79 Å². The monoisotopic (exact) mass is 336 g/mol. The molecule has 0 spiro atoms. The number of carbonyl (C=O) groups is 1. The highest BCUT2D eigenvalue weighted by Crippen LogP contribution is 2.29. The number of benzene rings is 2. The Morgan fingerprint density at radius 2 is 1.82 bits per heavy atom. The van der Waals surface area contributed by atoms with Crippen molar-refractivity contribution in [2.45, 2.75) is 13.0 Å². The maximum atomic E-state index is 12.0. The molecule has 5 heteroatoms. The van der Waals surface area contributed by atoms with E-state index in [2.05, 4.69) is 22.3 Å². The molecule has 1 N–H and O–H groups in total. The molecule has 0 aliphatic rings. The Morgan fingerprint density at radius 3 is 2.55 bits per heavy atom. The average Bonchev–Trinajstić information content (AvgIpc) is 2.51. The van der Waals surface area contributed by atoms with Crippen molar-refractivity contribution in [3.63, 3.8) is 0 Å². The van der Waals surface area contributed by atoms with E-state index in [1.165, 1.54) is 5.56 Å². The lowest BCUT2D eigenvalue weighted by Crippen LogP contribution is -2.24. The van der Waals surface area contributed by atoms with E-state index in [0.29, 0.717) is 28.7 Å². The highest BCUT2D eigenvalue weighted by atomic mass is 35.5. The maximum absolute atomic E-state index is 12.0. The molecule has 0 radical (unpaired) electrons. The summed E-state index contributed by atoms with van der Waals surface area (Å²) in [7, 11) is 1.99. The topological polar surface area (TPSA) is 32.3 Å². The van der Waals surface area contributed by atoms with Crippen LogP contribution in [0.4, 0.5) is 5.69 Å². The summed E-state index contributed by atoms with van der Waals surface area (Å²) in [6.45, 7) is 1.48. The van der Waals surface area contributed by atoms with Crippen molar-refractivity contribution in [3.05, 3.63) is 64.1 Å². The first-order chi connectivity index (χ1) is 10.6. The predicted molar refractivity (Wildman–Crippen MR) is 92.5 cm³/mol. The summed E-state index contributed by atoms with van der Waals surface area (Å²) in [5.74, 6) is -0.0796. The summed E-state index contributed by atoms with van der Waals surface area (Å²) in [6, 6.07) is 15.3. The maximum Gasteiger partial charge on any atom is 0.225 e. The average molecular weight is 337 g/mol. The van der Waals surface area contributed by atoms with Gasteiger partial charge < -0.3 is 10.2 Å². The third kappa shape index (κ3) is 5.02. The smallest absolute Gasteiger partial charge is 0.225 e. The third-order valence-electron chi connectivity index (χ3n) is 3.24. The van der Waals surface area contributed by atoms with Crippen LogP contribution in [0.5, 0.6) is 0 Å². The number of nitrogens with one attached hydrogen (secondary N) is 1. The zero-order valence-electron chi connectivity index (χ0n) is 12.4. The van der Waals surface area contributed by atoms with Crippen molar-refractivity contribution >= 4 is 34.8 Å². The Balaban J connectivity index is 1.81. The van der Waals surface area contributed by atoms with Crippen molar-refractivity contribution in [3.8, 4) is 0 Å². The fraction of sp³-hybridized carbons (Fsp3) is 0.235. The van der Waals surface area contributed by atoms with Gasteiger partial charge in [-0.05, 0) is 24.7 Å². The van der Waals surface area contributed by atoms with Crippen LogP contribution in [0.25, 0.3) is 0 Å². The highest BCUT2D eigenvalue weighted by molar-refractivity contribution is 6.43. The first-order valence-electron chi connectivity index (χ1n) is 7.02. The molecule has 0 aromatic heterocycles. The normalized spacial score (nSPS) is 10.7. The lowest BCUT2D eigenvalue weighted by atomic mass is 10.2. The van der Waals surface area contributed by atoms with Crippen LogP contribution in [0.3, 0.4) is 0 Å². The van der Waals surface area contributed by atoms with Gasteiger partial charge in [-0.3, -0.25) is 4.79 Å². The number of hydrogen-bond acceptors (Lipinski definition) is 2. The zero-order chi connectivity index (χ0) is 15.9. The fourth-order valence-electron chi connectivity index (χ4n) is 2.08. The van der Waals surface area contributed by atoms with Gasteiger partial charge in [0.15, 0.2) is 0 Å². The van der Waals surface area contributed by atoms with Crippen molar-refractivity contribution in [1.82, 2.24) is 4.90 Å². The van der Waals surface area contributed by atoms with Gasteiger partial charge in [0.2, 0.25) is 5.91 Å². The molecule has 3 nitrogen and oxygen atoms in total. The summed E-state index contributed by atoms with van der Waals surface area (Å²) >= 11 is 12.0. The standard InChI is InChI=1S/C17H18Cl2N2O/c1-21(12-13-6-3-2-4-7-13)11-10-16(22)20-15-9-5-8-14(18)17(15)19/h2-9H,10-12H2,1H3,(H,20,22). The van der Waals surface area contributed by atoms with E-state index in [1.807, 2.05) is 25.2 Å². The molecule has 116 valence electrons. The molecule has 0 aliphatic heterocycles. The van der Waals surface area contributed by atoms with Gasteiger partial charge in [-0.25, -0.2) is 0 Å². The first kappa shape index (κ1) is 16.8. The van der Waals surface area contributed by atoms with E-state index in [4.69, 9.17) is 23.2 Å². The fourth-order valence-corrected chi connectivity index (χ4v) is 2.43. The summed E-state index contributed by atoms with van der Waals surface area (Å²) in [4.78, 5) is 14.1. The number of hydrogen-bond donors (Lipinski definition) is 1. The summed E-state index contributed by atoms with van der Waals surface area (Å²) < 4.78 is 0. The Morgan fingerprint density at radius 1 is 1.09 bits per heavy atom. The lowest BCUT2D eigenvalue weighted by molar-refractivity contribution is -0.116. The van der Waals surface area contributed by atoms with Crippen LogP contribution in [0.15, 0.2) is 48.5 Å². The highest BCUT2D eigenvalue weighted by Gasteiger charge is 2.09. The van der Waals surface area contributed by atoms with Gasteiger partial charge in [0.05, 0.1) is 15.7 Å². The summed E-state index contributed by atoms with van der Waals surface area (Å²) in [5.41, 5.74) is 1.77. The molecule has 2 aromatic carbocycles. The Labute approximate surface area is 140 Å². The molecule has 0 bridgehead atoms. The Bertz CT molecular complexity index is 632. The van der Waals surface area contributed by atoms with Crippen LogP contribution in [-0.2, 0) is 11.3 Å². The van der Waals surface area contributed by atoms with Gasteiger partial charge in [0.1, 0.15) is 0 Å². The van der Waals surface area contributed by atoms with Crippen LogP contribution in [0.2, 0.25) is 10.0 Å². The van der Waals surface area contributed by atoms with Crippen LogP contribution in [0, 0.1) is 0 Å². The molecule has 0 heterocycles. The van der Waals surface area contributed by atoms with E-state index in [0.717, 1.165) is 6.54 Å². The van der Waals surface area contributed by atoms with Gasteiger partial charge in [0, 0.05) is 19.5 Å². The minimum absolute atomic E-state index is 0.0796. The molecule has 0 aliphatic carbocycles. The number of rotatable bonds is 6. The molecule has 0 fully saturated rings. The molecule has 1 amide bonds. The number of halogens is 2. The molecule has 2 aromatic rings. The second kappa shape index (κ2) is 8.18. The molecular formula is C17H18Cl2N2O. The van der Waals surface area contributed by atoms with Crippen molar-refractivity contribution in [1.29, 1.82) is 0 Å². The number of carbonyl (C=O) groups excluding carboxylic acids is 1. The molecule has 0 atom stereocenters. The summed E-state index contributed by atoms with van der Waals surface area (Å²) in [5, 5.41) is 3.59. The number of anilines is 1. The predicted octanol–water partition coefficient (Wildman–Crippen LogP) is 4.45. The van der Waals surface area contributed by atoms with Gasteiger partial charge in [0.25, 0.3) is 0 Å². The SMILES string of the molecule is CN(CCC(=O)Nc1cccc(Cl)c1Cl)Cc1ccccc1. The van der Waals surface area contributed by atoms with E-state index in [1.54, 1.807) is 18.2 Å². The molecule has 0 unspecified atom stereocenters. The minimum Gasteiger partial charge on any atom is -0.325 e. The number of nitrogens with zero attached hydrogens (tertiary/aromatic N) is 1. The van der Waals surface area contributed by atoms with Crippen LogP contribution in [0.1, 0.15) is 12.0 Å². The molecule has 22 heavy (non-hydrogen) atoms. The molecule has 0 saturated heterocycles. The lowest BCUT2D eigenvalue weighted by Gasteiger charge is -2.16. The van der Waals surface area contributed by atoms with Crippen molar-refractivity contribution in [2.24, 2.45) is 0 Å². The van der Waals surface area contributed by atoms with Crippen LogP contribution < -0.4 is 5.32 Å². The number of amides is 1. The zero-order valence-corrected chi connectivity index (χ0v) is 13.9. The van der Waals surface area contributed by atoms with Gasteiger partial charge in [-0.2, -0.15) is 0 Å². The molecular weight excluding hydrogens is 319 g/mol. The van der Waals surface area contributed by atoms with E-state index in [9.17, 15) is 4.79 Å². The van der Waals surface area contributed by atoms with Crippen LogP contribution in [-0.4, -0.2) is 24.4 Å². The Kier molecular flexibility index (Phi) is 6.25. The summed E-state index contributed by atoms with van der Waals surface area (Å²) in [6.07, 6.45) is 0.395. The van der Waals surface area contributed by atoms with Gasteiger partial charge in [-0.15, -0.1) is 0 Å². The van der Waals surface area contributed by atoms with E-state index < -0.39 is 0 Å². The minimum atomic E-state index is -0.0796. The van der Waals surface area contributed by atoms with E-state index in [-0.39, 0.29) is 5.91 Å². The van der Waals surface area contributed by atoms with Gasteiger partial charge >= 0.3 is 0 Å².